The first-order chi connectivity index (χ1) is 10.7. The maximum Gasteiger partial charge on any atom is 0.155 e. The molecule has 3 aliphatic rings. The van der Waals surface area contributed by atoms with Gasteiger partial charge >= 0.3 is 0 Å². The molecular formula is C18H21N3O. The van der Waals surface area contributed by atoms with E-state index in [4.69, 9.17) is 5.26 Å². The Morgan fingerprint density at radius 3 is 2.91 bits per heavy atom. The van der Waals surface area contributed by atoms with Crippen molar-refractivity contribution >= 4 is 5.78 Å². The molecule has 1 fully saturated rings. The molecule has 0 N–H and O–H groups in total. The highest BCUT2D eigenvalue weighted by atomic mass is 16.1. The SMILES string of the molecule is Cc1nc2n(CC(=O)C3CCCCC3)cccc-2c1CC#N. The molecular weight excluding hydrogens is 274 g/mol. The number of fused-ring (bicyclic) bond motifs is 1. The van der Waals surface area contributed by atoms with Crippen molar-refractivity contribution in [1.82, 2.24) is 9.55 Å². The normalized spacial score (nSPS) is 15.8. The van der Waals surface area contributed by atoms with E-state index in [9.17, 15) is 4.79 Å². The van der Waals surface area contributed by atoms with Crippen LogP contribution >= 0.6 is 0 Å². The lowest BCUT2D eigenvalue weighted by atomic mass is 9.86. The molecule has 0 saturated heterocycles. The van der Waals surface area contributed by atoms with Crippen molar-refractivity contribution in [1.29, 1.82) is 5.26 Å². The lowest BCUT2D eigenvalue weighted by Crippen LogP contribution is -2.23. The zero-order chi connectivity index (χ0) is 15.5. The van der Waals surface area contributed by atoms with E-state index in [1.165, 1.54) is 19.3 Å². The molecule has 0 spiro atoms. The third kappa shape index (κ3) is 2.76. The molecule has 2 aliphatic heterocycles. The number of carbonyl (C=O) groups is 1. The molecule has 114 valence electrons. The highest BCUT2D eigenvalue weighted by Crippen LogP contribution is 2.30. The van der Waals surface area contributed by atoms with E-state index >= 15 is 0 Å². The average Bonchev–Trinajstić information content (AvgIpc) is 2.86. The Bertz CT molecular complexity index is 689. The quantitative estimate of drug-likeness (QED) is 0.867. The van der Waals surface area contributed by atoms with Crippen LogP contribution < -0.4 is 0 Å². The Morgan fingerprint density at radius 1 is 1.41 bits per heavy atom. The van der Waals surface area contributed by atoms with E-state index < -0.39 is 0 Å². The minimum Gasteiger partial charge on any atom is -0.325 e. The second-order valence-electron chi connectivity index (χ2n) is 6.19. The van der Waals surface area contributed by atoms with Crippen LogP contribution in [0.1, 0.15) is 43.4 Å². The highest BCUT2D eigenvalue weighted by Gasteiger charge is 2.23. The number of carbonyl (C=O) groups excluding carboxylic acids is 1. The number of Topliss-reactive ketones (excluding diaryl/α,β-unsaturated/α-hetero) is 1. The second-order valence-corrected chi connectivity index (χ2v) is 6.19. The van der Waals surface area contributed by atoms with Gasteiger partial charge in [0.2, 0.25) is 0 Å². The molecule has 0 bridgehead atoms. The number of ketones is 1. The molecule has 0 aromatic rings. The predicted molar refractivity (Wildman–Crippen MR) is 84.5 cm³/mol. The number of nitriles is 1. The van der Waals surface area contributed by atoms with Gasteiger partial charge in [0, 0.05) is 23.4 Å². The van der Waals surface area contributed by atoms with E-state index in [0.717, 1.165) is 35.5 Å². The first-order valence-electron chi connectivity index (χ1n) is 8.04. The fraction of sp³-hybridized carbons (Fsp3) is 0.500. The van der Waals surface area contributed by atoms with Crippen LogP contribution in [0.15, 0.2) is 18.3 Å². The van der Waals surface area contributed by atoms with Crippen LogP contribution in [-0.4, -0.2) is 15.3 Å². The van der Waals surface area contributed by atoms with Crippen LogP contribution in [0, 0.1) is 24.2 Å². The van der Waals surface area contributed by atoms with Gasteiger partial charge < -0.3 is 4.57 Å². The minimum atomic E-state index is 0.214. The van der Waals surface area contributed by atoms with Gasteiger partial charge in [-0.05, 0) is 37.5 Å². The van der Waals surface area contributed by atoms with Crippen molar-refractivity contribution in [3.05, 3.63) is 29.6 Å². The standard InChI is InChI=1S/C18H21N3O/c1-13-15(9-10-19)16-8-5-11-21(18(16)20-13)12-17(22)14-6-3-2-4-7-14/h5,8,11,14H,2-4,6-7,9,12H2,1H3. The van der Waals surface area contributed by atoms with E-state index in [-0.39, 0.29) is 5.92 Å². The van der Waals surface area contributed by atoms with E-state index in [1.54, 1.807) is 0 Å². The summed E-state index contributed by atoms with van der Waals surface area (Å²) in [6.45, 7) is 2.32. The van der Waals surface area contributed by atoms with Crippen LogP contribution in [0.3, 0.4) is 0 Å². The number of aromatic nitrogens is 2. The summed E-state index contributed by atoms with van der Waals surface area (Å²) in [7, 11) is 0. The van der Waals surface area contributed by atoms with Gasteiger partial charge in [-0.2, -0.15) is 5.26 Å². The number of rotatable bonds is 4. The smallest absolute Gasteiger partial charge is 0.155 e. The molecule has 1 aliphatic carbocycles. The summed E-state index contributed by atoms with van der Waals surface area (Å²) in [5.74, 6) is 1.36. The molecule has 0 aromatic carbocycles. The first-order valence-corrected chi connectivity index (χ1v) is 8.04. The number of nitrogens with zero attached hydrogens (tertiary/aromatic N) is 3. The molecule has 4 heteroatoms. The summed E-state index contributed by atoms with van der Waals surface area (Å²) in [6.07, 6.45) is 7.95. The van der Waals surface area contributed by atoms with Crippen LogP contribution in [-0.2, 0) is 17.8 Å². The van der Waals surface area contributed by atoms with Crippen LogP contribution in [0.4, 0.5) is 0 Å². The van der Waals surface area contributed by atoms with Gasteiger partial charge in [0.05, 0.1) is 19.0 Å². The van der Waals surface area contributed by atoms with Gasteiger partial charge in [-0.3, -0.25) is 4.79 Å². The summed E-state index contributed by atoms with van der Waals surface area (Å²) in [4.78, 5) is 17.1. The zero-order valence-corrected chi connectivity index (χ0v) is 13.0. The monoisotopic (exact) mass is 295 g/mol. The molecule has 0 aromatic heterocycles. The van der Waals surface area contributed by atoms with Gasteiger partial charge in [0.15, 0.2) is 5.78 Å². The molecule has 0 atom stereocenters. The molecule has 1 saturated carbocycles. The molecule has 0 amide bonds. The second kappa shape index (κ2) is 6.31. The molecule has 22 heavy (non-hydrogen) atoms. The van der Waals surface area contributed by atoms with E-state index in [1.807, 2.05) is 29.8 Å². The Hall–Kier alpha value is -2.15. The first kappa shape index (κ1) is 14.8. The molecule has 0 unspecified atom stereocenters. The maximum absolute atomic E-state index is 12.5. The van der Waals surface area contributed by atoms with E-state index in [0.29, 0.717) is 18.7 Å². The van der Waals surface area contributed by atoms with Crippen LogP contribution in [0.5, 0.6) is 0 Å². The highest BCUT2D eigenvalue weighted by molar-refractivity contribution is 5.81. The van der Waals surface area contributed by atoms with Crippen molar-refractivity contribution in [2.24, 2.45) is 5.92 Å². The Balaban J connectivity index is 1.85. The Kier molecular flexibility index (Phi) is 4.24. The fourth-order valence-electron chi connectivity index (χ4n) is 3.48. The summed E-state index contributed by atoms with van der Waals surface area (Å²) < 4.78 is 1.94. The number of aryl methyl sites for hydroxylation is 1. The summed E-state index contributed by atoms with van der Waals surface area (Å²) in [6, 6.07) is 6.13. The zero-order valence-electron chi connectivity index (χ0n) is 13.0. The molecule has 4 nitrogen and oxygen atoms in total. The van der Waals surface area contributed by atoms with Crippen molar-refractivity contribution in [3.8, 4) is 17.5 Å². The molecule has 2 heterocycles. The van der Waals surface area contributed by atoms with Crippen molar-refractivity contribution < 1.29 is 4.79 Å². The lowest BCUT2D eigenvalue weighted by Gasteiger charge is -2.21. The number of hydrogen-bond acceptors (Lipinski definition) is 3. The van der Waals surface area contributed by atoms with Gasteiger partial charge in [0.1, 0.15) is 5.82 Å². The maximum atomic E-state index is 12.5. The summed E-state index contributed by atoms with van der Waals surface area (Å²) >= 11 is 0. The van der Waals surface area contributed by atoms with Crippen molar-refractivity contribution in [2.75, 3.05) is 0 Å². The topological polar surface area (TPSA) is 58.7 Å². The number of hydrogen-bond donors (Lipinski definition) is 0. The summed E-state index contributed by atoms with van der Waals surface area (Å²) in [5, 5.41) is 8.97. The van der Waals surface area contributed by atoms with Gasteiger partial charge in [0.25, 0.3) is 0 Å². The lowest BCUT2D eigenvalue weighted by molar-refractivity contribution is -0.124. The summed E-state index contributed by atoms with van der Waals surface area (Å²) in [5.41, 5.74) is 2.87. The largest absolute Gasteiger partial charge is 0.325 e. The van der Waals surface area contributed by atoms with Gasteiger partial charge in [-0.15, -0.1) is 0 Å². The van der Waals surface area contributed by atoms with Crippen LogP contribution in [0.25, 0.3) is 11.4 Å². The van der Waals surface area contributed by atoms with Crippen LogP contribution in [0.2, 0.25) is 0 Å². The third-order valence-electron chi connectivity index (χ3n) is 4.72. The van der Waals surface area contributed by atoms with Crippen molar-refractivity contribution in [2.45, 2.75) is 52.0 Å². The third-order valence-corrected chi connectivity index (χ3v) is 4.72. The van der Waals surface area contributed by atoms with Gasteiger partial charge in [-0.1, -0.05) is 19.3 Å². The Morgan fingerprint density at radius 2 is 2.18 bits per heavy atom. The molecule has 3 rings (SSSR count). The number of pyridine rings is 1. The van der Waals surface area contributed by atoms with E-state index in [2.05, 4.69) is 11.1 Å². The predicted octanol–water partition coefficient (Wildman–Crippen LogP) is 3.51. The Labute approximate surface area is 131 Å². The van der Waals surface area contributed by atoms with Gasteiger partial charge in [-0.25, -0.2) is 4.98 Å². The molecule has 0 radical (unpaired) electrons. The van der Waals surface area contributed by atoms with Crippen molar-refractivity contribution in [3.63, 3.8) is 0 Å². The minimum absolute atomic E-state index is 0.214. The fourth-order valence-corrected chi connectivity index (χ4v) is 3.48. The average molecular weight is 295 g/mol.